The summed E-state index contributed by atoms with van der Waals surface area (Å²) in [6.07, 6.45) is 1.65. The van der Waals surface area contributed by atoms with Gasteiger partial charge in [0.15, 0.2) is 0 Å². The number of hydrogen-bond acceptors (Lipinski definition) is 3. The molecule has 0 atom stereocenters. The van der Waals surface area contributed by atoms with Crippen molar-refractivity contribution >= 4 is 11.3 Å². The molecule has 3 heteroatoms. The molecule has 0 radical (unpaired) electrons. The third kappa shape index (κ3) is 2.29. The minimum Gasteiger partial charge on any atom is -0.244 e. The van der Waals surface area contributed by atoms with Crippen LogP contribution in [-0.4, -0.2) is 4.98 Å². The maximum atomic E-state index is 8.95. The molecular formula is C13H12N2S. The van der Waals surface area contributed by atoms with Gasteiger partial charge in [-0.3, -0.25) is 0 Å². The standard InChI is InChI=1S/C13H12N2S/c1-2-11-12(9-14)16-13(15-11)8-10-6-4-3-5-7-10/h3-7H,2,8H2,1H3. The fraction of sp³-hybridized carbons (Fsp3) is 0.231. The van der Waals surface area contributed by atoms with E-state index in [-0.39, 0.29) is 0 Å². The van der Waals surface area contributed by atoms with E-state index in [1.54, 1.807) is 0 Å². The Morgan fingerprint density at radius 2 is 2.06 bits per heavy atom. The number of thiazole rings is 1. The summed E-state index contributed by atoms with van der Waals surface area (Å²) >= 11 is 1.51. The van der Waals surface area contributed by atoms with Crippen LogP contribution >= 0.6 is 11.3 Å². The molecule has 0 fully saturated rings. The van der Waals surface area contributed by atoms with Crippen LogP contribution in [0.1, 0.15) is 28.1 Å². The molecule has 0 N–H and O–H groups in total. The largest absolute Gasteiger partial charge is 0.244 e. The molecule has 1 aromatic carbocycles. The average Bonchev–Trinajstić information content (AvgIpc) is 2.72. The Balaban J connectivity index is 2.23. The highest BCUT2D eigenvalue weighted by Gasteiger charge is 2.09. The second-order valence-corrected chi connectivity index (χ2v) is 4.59. The maximum Gasteiger partial charge on any atom is 0.128 e. The fourth-order valence-corrected chi connectivity index (χ4v) is 2.56. The Hall–Kier alpha value is -1.66. The molecule has 0 unspecified atom stereocenters. The zero-order chi connectivity index (χ0) is 11.4. The van der Waals surface area contributed by atoms with E-state index in [4.69, 9.17) is 5.26 Å². The number of aromatic nitrogens is 1. The predicted octanol–water partition coefficient (Wildman–Crippen LogP) is 3.17. The molecule has 80 valence electrons. The van der Waals surface area contributed by atoms with Gasteiger partial charge in [-0.05, 0) is 12.0 Å². The molecule has 0 aliphatic carbocycles. The van der Waals surface area contributed by atoms with E-state index in [2.05, 4.69) is 23.2 Å². The molecule has 0 bridgehead atoms. The van der Waals surface area contributed by atoms with Crippen molar-refractivity contribution in [1.29, 1.82) is 5.26 Å². The van der Waals surface area contributed by atoms with Gasteiger partial charge in [0.25, 0.3) is 0 Å². The van der Waals surface area contributed by atoms with Crippen molar-refractivity contribution in [3.05, 3.63) is 51.5 Å². The minimum absolute atomic E-state index is 0.758. The van der Waals surface area contributed by atoms with E-state index >= 15 is 0 Å². The van der Waals surface area contributed by atoms with Crippen LogP contribution in [0.25, 0.3) is 0 Å². The second-order valence-electron chi connectivity index (χ2n) is 3.51. The molecule has 2 aromatic rings. The van der Waals surface area contributed by atoms with Crippen LogP contribution in [0.15, 0.2) is 30.3 Å². The molecule has 0 amide bonds. The highest BCUT2D eigenvalue weighted by Crippen LogP contribution is 2.20. The first-order valence-electron chi connectivity index (χ1n) is 5.26. The molecule has 0 spiro atoms. The molecular weight excluding hydrogens is 216 g/mol. The van der Waals surface area contributed by atoms with E-state index in [9.17, 15) is 0 Å². The summed E-state index contributed by atoms with van der Waals surface area (Å²) in [6.45, 7) is 2.03. The van der Waals surface area contributed by atoms with Crippen molar-refractivity contribution in [2.75, 3.05) is 0 Å². The first kappa shape index (κ1) is 10.8. The van der Waals surface area contributed by atoms with Gasteiger partial charge < -0.3 is 0 Å². The lowest BCUT2D eigenvalue weighted by atomic mass is 10.2. The fourth-order valence-electron chi connectivity index (χ4n) is 1.57. The Bertz CT molecular complexity index is 508. The van der Waals surface area contributed by atoms with E-state index in [0.717, 1.165) is 28.4 Å². The zero-order valence-electron chi connectivity index (χ0n) is 9.10. The summed E-state index contributed by atoms with van der Waals surface area (Å²) in [4.78, 5) is 5.25. The number of aryl methyl sites for hydroxylation is 1. The van der Waals surface area contributed by atoms with Gasteiger partial charge in [-0.25, -0.2) is 4.98 Å². The van der Waals surface area contributed by atoms with Crippen molar-refractivity contribution in [3.63, 3.8) is 0 Å². The molecule has 0 saturated carbocycles. The molecule has 0 saturated heterocycles. The van der Waals surface area contributed by atoms with Crippen molar-refractivity contribution in [3.8, 4) is 6.07 Å². The van der Waals surface area contributed by atoms with Crippen LogP contribution in [0, 0.1) is 11.3 Å². The van der Waals surface area contributed by atoms with E-state index in [0.29, 0.717) is 0 Å². The molecule has 16 heavy (non-hydrogen) atoms. The molecule has 0 aliphatic rings. The number of rotatable bonds is 3. The predicted molar refractivity (Wildman–Crippen MR) is 65.5 cm³/mol. The van der Waals surface area contributed by atoms with Gasteiger partial charge >= 0.3 is 0 Å². The Morgan fingerprint density at radius 1 is 1.31 bits per heavy atom. The maximum absolute atomic E-state index is 8.95. The summed E-state index contributed by atoms with van der Waals surface area (Å²) in [7, 11) is 0. The van der Waals surface area contributed by atoms with Gasteiger partial charge in [0.2, 0.25) is 0 Å². The zero-order valence-corrected chi connectivity index (χ0v) is 9.92. The lowest BCUT2D eigenvalue weighted by Crippen LogP contribution is -1.88. The molecule has 1 aromatic heterocycles. The van der Waals surface area contributed by atoms with E-state index in [1.807, 2.05) is 25.1 Å². The highest BCUT2D eigenvalue weighted by molar-refractivity contribution is 7.12. The lowest BCUT2D eigenvalue weighted by Gasteiger charge is -1.95. The van der Waals surface area contributed by atoms with E-state index in [1.165, 1.54) is 16.9 Å². The number of benzene rings is 1. The molecule has 1 heterocycles. The molecule has 2 rings (SSSR count). The van der Waals surface area contributed by atoms with Gasteiger partial charge in [0.05, 0.1) is 10.7 Å². The third-order valence-corrected chi connectivity index (χ3v) is 3.38. The van der Waals surface area contributed by atoms with Crippen molar-refractivity contribution in [1.82, 2.24) is 4.98 Å². The topological polar surface area (TPSA) is 36.7 Å². The Morgan fingerprint density at radius 3 is 2.62 bits per heavy atom. The van der Waals surface area contributed by atoms with Gasteiger partial charge in [-0.1, -0.05) is 37.3 Å². The van der Waals surface area contributed by atoms with Gasteiger partial charge in [-0.2, -0.15) is 5.26 Å². The SMILES string of the molecule is CCc1nc(Cc2ccccc2)sc1C#N. The molecule has 0 aliphatic heterocycles. The highest BCUT2D eigenvalue weighted by atomic mass is 32.1. The first-order valence-corrected chi connectivity index (χ1v) is 6.07. The summed E-state index contributed by atoms with van der Waals surface area (Å²) in [6, 6.07) is 12.4. The summed E-state index contributed by atoms with van der Waals surface area (Å²) in [5.74, 6) is 0. The van der Waals surface area contributed by atoms with Crippen LogP contribution in [0.5, 0.6) is 0 Å². The number of hydrogen-bond donors (Lipinski definition) is 0. The first-order chi connectivity index (χ1) is 7.83. The quantitative estimate of drug-likeness (QED) is 0.809. The minimum atomic E-state index is 0.758. The van der Waals surface area contributed by atoms with Crippen molar-refractivity contribution in [2.45, 2.75) is 19.8 Å². The number of nitrogens with zero attached hydrogens (tertiary/aromatic N) is 2. The number of nitriles is 1. The monoisotopic (exact) mass is 228 g/mol. The van der Waals surface area contributed by atoms with E-state index < -0.39 is 0 Å². The average molecular weight is 228 g/mol. The summed E-state index contributed by atoms with van der Waals surface area (Å²) in [5.41, 5.74) is 2.17. The van der Waals surface area contributed by atoms with Crippen LogP contribution in [0.3, 0.4) is 0 Å². The second kappa shape index (κ2) is 4.91. The normalized spacial score (nSPS) is 10.0. The Kier molecular flexibility index (Phi) is 3.33. The summed E-state index contributed by atoms with van der Waals surface area (Å²) < 4.78 is 0. The van der Waals surface area contributed by atoms with Crippen LogP contribution in [0.2, 0.25) is 0 Å². The van der Waals surface area contributed by atoms with Crippen LogP contribution in [-0.2, 0) is 12.8 Å². The lowest BCUT2D eigenvalue weighted by molar-refractivity contribution is 1.01. The van der Waals surface area contributed by atoms with Gasteiger partial charge in [0.1, 0.15) is 10.9 Å². The smallest absolute Gasteiger partial charge is 0.128 e. The van der Waals surface area contributed by atoms with Gasteiger partial charge in [-0.15, -0.1) is 11.3 Å². The van der Waals surface area contributed by atoms with Crippen LogP contribution < -0.4 is 0 Å². The Labute approximate surface area is 99.2 Å². The molecule has 2 nitrogen and oxygen atoms in total. The van der Waals surface area contributed by atoms with Crippen molar-refractivity contribution in [2.24, 2.45) is 0 Å². The van der Waals surface area contributed by atoms with Crippen molar-refractivity contribution < 1.29 is 0 Å². The summed E-state index contributed by atoms with van der Waals surface area (Å²) in [5, 5.41) is 9.98. The van der Waals surface area contributed by atoms with Crippen LogP contribution in [0.4, 0.5) is 0 Å². The van der Waals surface area contributed by atoms with Gasteiger partial charge in [0, 0.05) is 6.42 Å². The third-order valence-electron chi connectivity index (χ3n) is 2.38.